The van der Waals surface area contributed by atoms with Gasteiger partial charge >= 0.3 is 5.97 Å². The Morgan fingerprint density at radius 2 is 1.40 bits per heavy atom. The van der Waals surface area contributed by atoms with Crippen LogP contribution < -0.4 is 9.80 Å². The SMILES string of the molecule is C=CC(=O)OC1C=CC(N(c2ccccc2)c2ccc(/N=C/c3ccc(N(c4ccccc4)C4C=CC=CC4)cc3)cc2)=CC1. The van der Waals surface area contributed by atoms with Crippen molar-refractivity contribution in [1.82, 2.24) is 0 Å². The van der Waals surface area contributed by atoms with E-state index in [-0.39, 0.29) is 12.1 Å². The monoisotopic (exact) mass is 589 g/mol. The van der Waals surface area contributed by atoms with E-state index in [9.17, 15) is 4.79 Å². The van der Waals surface area contributed by atoms with Crippen LogP contribution in [0.3, 0.4) is 0 Å². The number of ether oxygens (including phenoxy) is 1. The standard InChI is InChI=1S/C40H35N3O2/c1-2-40(44)45-39-28-26-38(27-29-39)43(35-16-10-5-11-17-35)37-24-20-32(21-25-37)41-30-31-18-22-36(23-19-31)42(33-12-6-3-7-13-33)34-14-8-4-9-15-34/h2-14,16-28,30,34,39H,1,15,29H2/b41-30+. The molecule has 0 amide bonds. The predicted molar refractivity (Wildman–Crippen MR) is 186 cm³/mol. The van der Waals surface area contributed by atoms with Gasteiger partial charge in [0.2, 0.25) is 0 Å². The molecule has 5 heteroatoms. The molecule has 0 heterocycles. The molecule has 2 unspecified atom stereocenters. The summed E-state index contributed by atoms with van der Waals surface area (Å²) in [5.74, 6) is -0.419. The van der Waals surface area contributed by atoms with Gasteiger partial charge in [-0.05, 0) is 84.8 Å². The van der Waals surface area contributed by atoms with Crippen LogP contribution in [0.25, 0.3) is 0 Å². The number of esters is 1. The fourth-order valence-electron chi connectivity index (χ4n) is 5.50. The van der Waals surface area contributed by atoms with Crippen LogP contribution in [-0.2, 0) is 9.53 Å². The number of allylic oxidation sites excluding steroid dienone is 3. The highest BCUT2D eigenvalue weighted by molar-refractivity contribution is 5.84. The molecule has 5 nitrogen and oxygen atoms in total. The lowest BCUT2D eigenvalue weighted by molar-refractivity contribution is -0.140. The maximum atomic E-state index is 11.6. The quantitative estimate of drug-likeness (QED) is 0.105. The Balaban J connectivity index is 1.18. The zero-order valence-electron chi connectivity index (χ0n) is 25.0. The van der Waals surface area contributed by atoms with Crippen molar-refractivity contribution in [1.29, 1.82) is 0 Å². The Morgan fingerprint density at radius 3 is 2.02 bits per heavy atom. The molecule has 0 bridgehead atoms. The van der Waals surface area contributed by atoms with Crippen molar-refractivity contribution >= 4 is 40.6 Å². The van der Waals surface area contributed by atoms with Crippen LogP contribution in [0.15, 0.2) is 175 Å². The molecule has 222 valence electrons. The smallest absolute Gasteiger partial charge is 0.330 e. The topological polar surface area (TPSA) is 45.1 Å². The zero-order chi connectivity index (χ0) is 30.8. The van der Waals surface area contributed by atoms with Crippen LogP contribution >= 0.6 is 0 Å². The minimum atomic E-state index is -0.419. The van der Waals surface area contributed by atoms with Gasteiger partial charge < -0.3 is 14.5 Å². The molecule has 2 atom stereocenters. The highest BCUT2D eigenvalue weighted by Crippen LogP contribution is 2.34. The summed E-state index contributed by atoms with van der Waals surface area (Å²) < 4.78 is 5.39. The van der Waals surface area contributed by atoms with Crippen molar-refractivity contribution in [2.45, 2.75) is 25.0 Å². The second kappa shape index (κ2) is 14.2. The second-order valence-electron chi connectivity index (χ2n) is 10.8. The largest absolute Gasteiger partial charge is 0.455 e. The third-order valence-corrected chi connectivity index (χ3v) is 7.71. The molecule has 2 aliphatic rings. The highest BCUT2D eigenvalue weighted by atomic mass is 16.5. The van der Waals surface area contributed by atoms with Crippen molar-refractivity contribution in [3.63, 3.8) is 0 Å². The van der Waals surface area contributed by atoms with E-state index in [0.717, 1.165) is 40.4 Å². The normalized spacial score (nSPS) is 17.1. The summed E-state index contributed by atoms with van der Waals surface area (Å²) in [5.41, 5.74) is 7.27. The summed E-state index contributed by atoms with van der Waals surface area (Å²) in [6.45, 7) is 3.48. The maximum absolute atomic E-state index is 11.6. The third-order valence-electron chi connectivity index (χ3n) is 7.71. The van der Waals surface area contributed by atoms with Crippen LogP contribution in [0, 0.1) is 0 Å². The first kappa shape index (κ1) is 29.4. The molecule has 6 rings (SSSR count). The number of carbonyl (C=O) groups excluding carboxylic acids is 1. The van der Waals surface area contributed by atoms with Gasteiger partial charge in [0.15, 0.2) is 0 Å². The summed E-state index contributed by atoms with van der Waals surface area (Å²) in [4.78, 5) is 21.0. The van der Waals surface area contributed by atoms with Gasteiger partial charge in [0.25, 0.3) is 0 Å². The maximum Gasteiger partial charge on any atom is 0.330 e. The van der Waals surface area contributed by atoms with Crippen molar-refractivity contribution in [3.8, 4) is 0 Å². The summed E-state index contributed by atoms with van der Waals surface area (Å²) in [7, 11) is 0. The van der Waals surface area contributed by atoms with Gasteiger partial charge in [0.05, 0.1) is 11.7 Å². The lowest BCUT2D eigenvalue weighted by atomic mass is 10.0. The fraction of sp³-hybridized carbons (Fsp3) is 0.100. The first-order valence-electron chi connectivity index (χ1n) is 15.2. The van der Waals surface area contributed by atoms with Crippen LogP contribution in [0.1, 0.15) is 18.4 Å². The van der Waals surface area contributed by atoms with Crippen LogP contribution in [0.2, 0.25) is 0 Å². The molecule has 45 heavy (non-hydrogen) atoms. The Bertz CT molecular complexity index is 1750. The van der Waals surface area contributed by atoms with E-state index in [0.29, 0.717) is 6.42 Å². The van der Waals surface area contributed by atoms with E-state index < -0.39 is 5.97 Å². The molecular formula is C40H35N3O2. The highest BCUT2D eigenvalue weighted by Gasteiger charge is 2.20. The number of nitrogens with zero attached hydrogens (tertiary/aromatic N) is 3. The summed E-state index contributed by atoms with van der Waals surface area (Å²) >= 11 is 0. The number of hydrogen-bond donors (Lipinski definition) is 0. The van der Waals surface area contributed by atoms with Gasteiger partial charge in [-0.1, -0.05) is 85.5 Å². The number of carbonyl (C=O) groups is 1. The Morgan fingerprint density at radius 1 is 0.756 bits per heavy atom. The van der Waals surface area contributed by atoms with E-state index in [4.69, 9.17) is 9.73 Å². The Kier molecular flexibility index (Phi) is 9.27. The molecule has 0 radical (unpaired) electrons. The van der Waals surface area contributed by atoms with Crippen LogP contribution in [-0.4, -0.2) is 24.3 Å². The van der Waals surface area contributed by atoms with Gasteiger partial charge in [-0.15, -0.1) is 0 Å². The minimum Gasteiger partial charge on any atom is -0.455 e. The van der Waals surface area contributed by atoms with Crippen LogP contribution in [0.5, 0.6) is 0 Å². The number of aliphatic imine (C=N–C) groups is 1. The lowest BCUT2D eigenvalue weighted by Crippen LogP contribution is -2.29. The molecule has 0 fully saturated rings. The number of rotatable bonds is 10. The van der Waals surface area contributed by atoms with Gasteiger partial charge in [-0.25, -0.2) is 4.79 Å². The predicted octanol–water partition coefficient (Wildman–Crippen LogP) is 9.54. The molecule has 0 N–H and O–H groups in total. The molecule has 0 aromatic heterocycles. The van der Waals surface area contributed by atoms with Crippen molar-refractivity contribution in [2.24, 2.45) is 4.99 Å². The molecule has 0 saturated heterocycles. The van der Waals surface area contributed by atoms with E-state index in [1.54, 1.807) is 0 Å². The molecule has 2 aliphatic carbocycles. The number of hydrogen-bond acceptors (Lipinski definition) is 5. The second-order valence-corrected chi connectivity index (χ2v) is 10.8. The molecule has 0 spiro atoms. The average molecular weight is 590 g/mol. The van der Waals surface area contributed by atoms with E-state index in [1.807, 2.05) is 54.8 Å². The summed E-state index contributed by atoms with van der Waals surface area (Å²) in [6.07, 6.45) is 19.0. The van der Waals surface area contributed by atoms with Gasteiger partial charge in [-0.3, -0.25) is 4.99 Å². The van der Waals surface area contributed by atoms with Crippen molar-refractivity contribution in [2.75, 3.05) is 9.80 Å². The molecule has 0 saturated carbocycles. The minimum absolute atomic E-state index is 0.266. The van der Waals surface area contributed by atoms with Gasteiger partial charge in [-0.2, -0.15) is 0 Å². The molecule has 4 aromatic carbocycles. The van der Waals surface area contributed by atoms with Crippen molar-refractivity contribution < 1.29 is 9.53 Å². The first-order valence-corrected chi connectivity index (χ1v) is 15.2. The Labute approximate surface area is 265 Å². The number of para-hydroxylation sites is 2. The zero-order valence-corrected chi connectivity index (χ0v) is 25.0. The summed E-state index contributed by atoms with van der Waals surface area (Å²) in [5, 5.41) is 0. The van der Waals surface area contributed by atoms with Gasteiger partial charge in [0, 0.05) is 47.2 Å². The first-order chi connectivity index (χ1) is 22.2. The third kappa shape index (κ3) is 7.28. The Hall–Kier alpha value is -5.68. The van der Waals surface area contributed by atoms with Crippen molar-refractivity contribution in [3.05, 3.63) is 176 Å². The molecule has 4 aromatic rings. The van der Waals surface area contributed by atoms with E-state index >= 15 is 0 Å². The van der Waals surface area contributed by atoms with E-state index in [2.05, 4.69) is 120 Å². The summed E-state index contributed by atoms with van der Waals surface area (Å²) in [6, 6.07) is 37.8. The van der Waals surface area contributed by atoms with Crippen LogP contribution in [0.4, 0.5) is 28.4 Å². The lowest BCUT2D eigenvalue weighted by Gasteiger charge is -2.32. The fourth-order valence-corrected chi connectivity index (χ4v) is 5.50. The van der Waals surface area contributed by atoms with E-state index in [1.165, 1.54) is 11.8 Å². The number of benzene rings is 4. The molecule has 0 aliphatic heterocycles. The average Bonchev–Trinajstić information content (AvgIpc) is 3.11. The molecular weight excluding hydrogens is 554 g/mol. The van der Waals surface area contributed by atoms with Gasteiger partial charge in [0.1, 0.15) is 6.10 Å². The number of anilines is 4.